The number of aryl methyl sites for hydroxylation is 1. The first-order valence-corrected chi connectivity index (χ1v) is 14.9. The van der Waals surface area contributed by atoms with Crippen molar-refractivity contribution >= 4 is 27.8 Å². The zero-order chi connectivity index (χ0) is 31.7. The number of fused-ring (bicyclic) bond motifs is 3. The summed E-state index contributed by atoms with van der Waals surface area (Å²) in [5.41, 5.74) is 3.54. The average molecular weight is 610 g/mol. The van der Waals surface area contributed by atoms with E-state index in [1.165, 1.54) is 12.1 Å². The summed E-state index contributed by atoms with van der Waals surface area (Å²) in [5, 5.41) is 7.81. The maximum Gasteiger partial charge on any atom is 0.279 e. The molecule has 11 heteroatoms. The number of hydrogen-bond acceptors (Lipinski definition) is 6. The number of nitrogens with zero attached hydrogens (tertiary/aromatic N) is 6. The number of pyridine rings is 1. The van der Waals surface area contributed by atoms with Gasteiger partial charge in [0.15, 0.2) is 11.6 Å². The molecule has 0 radical (unpaired) electrons. The van der Waals surface area contributed by atoms with Gasteiger partial charge in [0.25, 0.3) is 11.5 Å². The Kier molecular flexibility index (Phi) is 8.41. The second kappa shape index (κ2) is 12.6. The van der Waals surface area contributed by atoms with E-state index in [9.17, 15) is 18.4 Å². The molecule has 1 fully saturated rings. The van der Waals surface area contributed by atoms with Gasteiger partial charge < -0.3 is 14.8 Å². The average Bonchev–Trinajstić information content (AvgIpc) is 3.47. The molecule has 6 rings (SSSR count). The minimum absolute atomic E-state index is 0.0103. The molecule has 0 bridgehead atoms. The molecule has 0 saturated heterocycles. The van der Waals surface area contributed by atoms with E-state index in [0.29, 0.717) is 23.3 Å². The van der Waals surface area contributed by atoms with Gasteiger partial charge in [0, 0.05) is 23.0 Å². The fourth-order valence-corrected chi connectivity index (χ4v) is 6.04. The van der Waals surface area contributed by atoms with E-state index < -0.39 is 23.1 Å². The minimum atomic E-state index is -1.02. The second-order valence-corrected chi connectivity index (χ2v) is 11.7. The number of aromatic nitrogens is 5. The van der Waals surface area contributed by atoms with Gasteiger partial charge in [-0.3, -0.25) is 14.6 Å². The van der Waals surface area contributed by atoms with Crippen LogP contribution in [0.4, 0.5) is 8.78 Å². The number of halogens is 2. The van der Waals surface area contributed by atoms with E-state index >= 15 is 0 Å². The Morgan fingerprint density at radius 1 is 1.02 bits per heavy atom. The van der Waals surface area contributed by atoms with Crippen molar-refractivity contribution in [2.75, 3.05) is 20.6 Å². The Balaban J connectivity index is 1.18. The summed E-state index contributed by atoms with van der Waals surface area (Å²) in [6.07, 6.45) is 8.20. The number of amides is 1. The lowest BCUT2D eigenvalue weighted by Crippen LogP contribution is -2.35. The van der Waals surface area contributed by atoms with Crippen molar-refractivity contribution in [2.45, 2.75) is 51.2 Å². The third-order valence-corrected chi connectivity index (χ3v) is 8.42. The predicted molar refractivity (Wildman–Crippen MR) is 168 cm³/mol. The molecule has 3 heterocycles. The van der Waals surface area contributed by atoms with E-state index in [-0.39, 0.29) is 18.7 Å². The lowest BCUT2D eigenvalue weighted by Gasteiger charge is -2.33. The van der Waals surface area contributed by atoms with Crippen molar-refractivity contribution in [3.8, 4) is 11.8 Å². The van der Waals surface area contributed by atoms with Gasteiger partial charge in [-0.05, 0) is 88.7 Å². The van der Waals surface area contributed by atoms with Crippen molar-refractivity contribution in [3.63, 3.8) is 0 Å². The first-order chi connectivity index (χ1) is 21.7. The summed E-state index contributed by atoms with van der Waals surface area (Å²) in [7, 11) is 4.28. The van der Waals surface area contributed by atoms with Gasteiger partial charge >= 0.3 is 0 Å². The van der Waals surface area contributed by atoms with Crippen molar-refractivity contribution in [1.29, 1.82) is 0 Å². The molecule has 1 aliphatic carbocycles. The summed E-state index contributed by atoms with van der Waals surface area (Å²) in [5.74, 6) is 3.47. The van der Waals surface area contributed by atoms with E-state index in [2.05, 4.69) is 55.8 Å². The van der Waals surface area contributed by atoms with Crippen LogP contribution in [0.5, 0.6) is 0 Å². The van der Waals surface area contributed by atoms with E-state index in [0.717, 1.165) is 70.0 Å². The summed E-state index contributed by atoms with van der Waals surface area (Å²) in [6, 6.07) is 11.6. The van der Waals surface area contributed by atoms with Crippen LogP contribution in [0.1, 0.15) is 58.9 Å². The fraction of sp³-hybridized carbons (Fsp3) is 0.324. The SMILES string of the molecule is Cc1cc(C(=O)NCC#Cc2ccc3ncc4ncn(C5CCC(N(C)C)CC5)c4c3c2)c(=O)n(Cc2ccc(F)c(F)c2)n1. The highest BCUT2D eigenvalue weighted by molar-refractivity contribution is 6.02. The van der Waals surface area contributed by atoms with Crippen LogP contribution in [0.3, 0.4) is 0 Å². The molecule has 0 aliphatic heterocycles. The van der Waals surface area contributed by atoms with Gasteiger partial charge in [-0.2, -0.15) is 5.10 Å². The highest BCUT2D eigenvalue weighted by Gasteiger charge is 2.25. The molecule has 2 aromatic carbocycles. The molecule has 3 aromatic heterocycles. The lowest BCUT2D eigenvalue weighted by atomic mass is 9.90. The monoisotopic (exact) mass is 609 g/mol. The molecular formula is C34H33F2N7O2. The Bertz CT molecular complexity index is 2030. The van der Waals surface area contributed by atoms with Crippen molar-refractivity contribution in [1.82, 2.24) is 34.5 Å². The van der Waals surface area contributed by atoms with Gasteiger partial charge in [-0.25, -0.2) is 18.4 Å². The molecule has 9 nitrogen and oxygen atoms in total. The van der Waals surface area contributed by atoms with Gasteiger partial charge in [0.1, 0.15) is 11.1 Å². The molecule has 0 spiro atoms. The van der Waals surface area contributed by atoms with Crippen LogP contribution in [0.2, 0.25) is 0 Å². The largest absolute Gasteiger partial charge is 0.341 e. The van der Waals surface area contributed by atoms with Gasteiger partial charge in [-0.1, -0.05) is 17.9 Å². The molecule has 45 heavy (non-hydrogen) atoms. The van der Waals surface area contributed by atoms with E-state index in [4.69, 9.17) is 0 Å². The quantitative estimate of drug-likeness (QED) is 0.283. The normalized spacial score (nSPS) is 16.6. The van der Waals surface area contributed by atoms with Crippen LogP contribution in [-0.4, -0.2) is 61.8 Å². The maximum atomic E-state index is 13.7. The highest BCUT2D eigenvalue weighted by Crippen LogP contribution is 2.34. The molecule has 230 valence electrons. The molecule has 5 aromatic rings. The molecule has 0 atom stereocenters. The van der Waals surface area contributed by atoms with E-state index in [1.807, 2.05) is 30.7 Å². The van der Waals surface area contributed by atoms with Crippen LogP contribution in [0.15, 0.2) is 59.8 Å². The molecular weight excluding hydrogens is 576 g/mol. The Labute approximate surface area is 258 Å². The summed E-state index contributed by atoms with van der Waals surface area (Å²) in [6.45, 7) is 1.54. The number of rotatable bonds is 6. The molecule has 1 aliphatic rings. The van der Waals surface area contributed by atoms with Crippen LogP contribution >= 0.6 is 0 Å². The topological polar surface area (TPSA) is 97.9 Å². The molecule has 1 amide bonds. The van der Waals surface area contributed by atoms with Crippen LogP contribution in [-0.2, 0) is 6.54 Å². The van der Waals surface area contributed by atoms with Gasteiger partial charge in [0.05, 0.1) is 42.3 Å². The number of nitrogens with one attached hydrogen (secondary N) is 1. The predicted octanol–water partition coefficient (Wildman–Crippen LogP) is 4.60. The van der Waals surface area contributed by atoms with Crippen LogP contribution < -0.4 is 10.9 Å². The zero-order valence-corrected chi connectivity index (χ0v) is 25.3. The Morgan fingerprint density at radius 2 is 1.82 bits per heavy atom. The van der Waals surface area contributed by atoms with Crippen molar-refractivity contribution in [3.05, 3.63) is 99.4 Å². The molecule has 0 unspecified atom stereocenters. The summed E-state index contributed by atoms with van der Waals surface area (Å²) < 4.78 is 30.3. The van der Waals surface area contributed by atoms with Gasteiger partial charge in [-0.15, -0.1) is 0 Å². The third-order valence-electron chi connectivity index (χ3n) is 8.42. The van der Waals surface area contributed by atoms with Crippen LogP contribution in [0, 0.1) is 30.4 Å². The lowest BCUT2D eigenvalue weighted by molar-refractivity contribution is 0.0956. The Morgan fingerprint density at radius 3 is 2.58 bits per heavy atom. The minimum Gasteiger partial charge on any atom is -0.341 e. The third kappa shape index (κ3) is 6.33. The number of benzene rings is 2. The number of hydrogen-bond donors (Lipinski definition) is 1. The number of imidazole rings is 1. The summed E-state index contributed by atoms with van der Waals surface area (Å²) in [4.78, 5) is 37.5. The van der Waals surface area contributed by atoms with E-state index in [1.54, 1.807) is 6.92 Å². The number of carbonyl (C=O) groups excluding carboxylic acids is 1. The molecule has 1 N–H and O–H groups in total. The maximum absolute atomic E-state index is 13.7. The smallest absolute Gasteiger partial charge is 0.279 e. The fourth-order valence-electron chi connectivity index (χ4n) is 6.04. The summed E-state index contributed by atoms with van der Waals surface area (Å²) >= 11 is 0. The van der Waals surface area contributed by atoms with Crippen molar-refractivity contribution < 1.29 is 13.6 Å². The van der Waals surface area contributed by atoms with Crippen molar-refractivity contribution in [2.24, 2.45) is 0 Å². The zero-order valence-electron chi connectivity index (χ0n) is 25.3. The van der Waals surface area contributed by atoms with Crippen LogP contribution in [0.25, 0.3) is 21.9 Å². The molecule has 1 saturated carbocycles. The first-order valence-electron chi connectivity index (χ1n) is 14.9. The second-order valence-electron chi connectivity index (χ2n) is 11.7. The highest BCUT2D eigenvalue weighted by atomic mass is 19.2. The Hall–Kier alpha value is -4.95. The van der Waals surface area contributed by atoms with Gasteiger partial charge in [0.2, 0.25) is 0 Å². The number of carbonyl (C=O) groups is 1. The first kappa shape index (κ1) is 30.1. The standard InChI is InChI=1S/C34H33F2N7O2/c1-21-15-27(34(45)43(40-21)19-23-6-12-28(35)29(36)17-23)33(44)37-14-4-5-22-7-13-30-26(16-22)32-31(18-38-30)39-20-42(32)25-10-8-24(9-11-25)41(2)3/h6-7,12-13,15-18,20,24-25H,8-11,14,19H2,1-3H3,(H,37,44).